The van der Waals surface area contributed by atoms with Crippen LogP contribution >= 0.6 is 0 Å². The number of para-hydroxylation sites is 2. The van der Waals surface area contributed by atoms with Gasteiger partial charge in [-0.3, -0.25) is 19.6 Å². The summed E-state index contributed by atoms with van der Waals surface area (Å²) in [5.41, 5.74) is 0.945. The predicted molar refractivity (Wildman–Crippen MR) is 95.7 cm³/mol. The van der Waals surface area contributed by atoms with Crippen molar-refractivity contribution in [2.24, 2.45) is 0 Å². The summed E-state index contributed by atoms with van der Waals surface area (Å²) in [6.45, 7) is 0. The molecule has 0 aliphatic carbocycles. The lowest BCUT2D eigenvalue weighted by Crippen LogP contribution is -2.14. The summed E-state index contributed by atoms with van der Waals surface area (Å²) < 4.78 is 25.0. The summed E-state index contributed by atoms with van der Waals surface area (Å²) in [5.74, 6) is -0.505. The summed E-state index contributed by atoms with van der Waals surface area (Å²) in [4.78, 5) is 22.2. The van der Waals surface area contributed by atoms with Gasteiger partial charge in [-0.15, -0.1) is 0 Å². The van der Waals surface area contributed by atoms with Crippen LogP contribution in [0.25, 0.3) is 6.08 Å². The maximum Gasteiger partial charge on any atom is 0.270 e. The van der Waals surface area contributed by atoms with Crippen molar-refractivity contribution >= 4 is 39.1 Å². The molecule has 0 spiro atoms. The van der Waals surface area contributed by atoms with Gasteiger partial charge in [-0.25, -0.2) is 8.42 Å². The third-order valence-electron chi connectivity index (χ3n) is 2.99. The van der Waals surface area contributed by atoms with E-state index in [9.17, 15) is 23.3 Å². The summed E-state index contributed by atoms with van der Waals surface area (Å²) in [6, 6.07) is 12.2. The van der Waals surface area contributed by atoms with E-state index in [-0.39, 0.29) is 11.4 Å². The molecular weight excluding hydrogens is 346 g/mol. The van der Waals surface area contributed by atoms with E-state index < -0.39 is 20.9 Å². The van der Waals surface area contributed by atoms with Crippen molar-refractivity contribution in [2.75, 3.05) is 16.3 Å². The van der Waals surface area contributed by atoms with Crippen molar-refractivity contribution in [3.63, 3.8) is 0 Å². The van der Waals surface area contributed by atoms with E-state index in [1.54, 1.807) is 24.3 Å². The minimum atomic E-state index is -3.49. The highest BCUT2D eigenvalue weighted by atomic mass is 32.2. The first-order valence-electron chi connectivity index (χ1n) is 7.05. The molecule has 0 aliphatic heterocycles. The zero-order chi connectivity index (χ0) is 18.4. The van der Waals surface area contributed by atoms with Gasteiger partial charge < -0.3 is 5.32 Å². The van der Waals surface area contributed by atoms with E-state index in [0.29, 0.717) is 11.3 Å². The molecule has 1 amide bonds. The molecule has 9 heteroatoms. The van der Waals surface area contributed by atoms with Gasteiger partial charge in [0.15, 0.2) is 0 Å². The quantitative estimate of drug-likeness (QED) is 0.466. The Bertz CT molecular complexity index is 938. The molecule has 0 saturated carbocycles. The van der Waals surface area contributed by atoms with Crippen LogP contribution in [0, 0.1) is 10.1 Å². The van der Waals surface area contributed by atoms with Gasteiger partial charge in [-0.2, -0.15) is 0 Å². The first kappa shape index (κ1) is 18.1. The Kier molecular flexibility index (Phi) is 5.50. The van der Waals surface area contributed by atoms with Crippen LogP contribution in [0.5, 0.6) is 0 Å². The van der Waals surface area contributed by atoms with Gasteiger partial charge in [0.2, 0.25) is 15.9 Å². The van der Waals surface area contributed by atoms with Crippen molar-refractivity contribution in [3.05, 3.63) is 70.3 Å². The summed E-state index contributed by atoms with van der Waals surface area (Å²) in [6.07, 6.45) is 3.64. The zero-order valence-corrected chi connectivity index (χ0v) is 14.0. The standard InChI is InChI=1S/C16H15N3O5S/c1-25(23,24)18-15-8-3-2-7-14(15)17-16(20)10-9-12-5-4-6-13(11-12)19(21)22/h2-11,18H,1H3,(H,17,20)/b10-9+. The molecule has 0 unspecified atom stereocenters. The van der Waals surface area contributed by atoms with Gasteiger partial charge >= 0.3 is 0 Å². The molecule has 25 heavy (non-hydrogen) atoms. The van der Waals surface area contributed by atoms with Gasteiger partial charge in [0, 0.05) is 18.2 Å². The number of hydrogen-bond acceptors (Lipinski definition) is 5. The topological polar surface area (TPSA) is 118 Å². The number of nitrogens with one attached hydrogen (secondary N) is 2. The van der Waals surface area contributed by atoms with Gasteiger partial charge in [-0.05, 0) is 23.8 Å². The van der Waals surface area contributed by atoms with E-state index in [1.807, 2.05) is 0 Å². The van der Waals surface area contributed by atoms with Crippen LogP contribution in [0.4, 0.5) is 17.1 Å². The van der Waals surface area contributed by atoms with E-state index in [4.69, 9.17) is 0 Å². The minimum absolute atomic E-state index is 0.0785. The molecule has 0 heterocycles. The molecular formula is C16H15N3O5S. The number of nitro benzene ring substituents is 1. The number of non-ortho nitro benzene ring substituents is 1. The lowest BCUT2D eigenvalue weighted by atomic mass is 10.2. The van der Waals surface area contributed by atoms with Gasteiger partial charge in [0.25, 0.3) is 5.69 Å². The fourth-order valence-corrected chi connectivity index (χ4v) is 2.55. The van der Waals surface area contributed by atoms with Crippen molar-refractivity contribution in [3.8, 4) is 0 Å². The Morgan fingerprint density at radius 3 is 2.44 bits per heavy atom. The second-order valence-electron chi connectivity index (χ2n) is 5.09. The molecule has 2 rings (SSSR count). The van der Waals surface area contributed by atoms with Crippen molar-refractivity contribution in [1.29, 1.82) is 0 Å². The molecule has 130 valence electrons. The first-order valence-corrected chi connectivity index (χ1v) is 8.94. The monoisotopic (exact) mass is 361 g/mol. The maximum atomic E-state index is 12.0. The second kappa shape index (κ2) is 7.58. The van der Waals surface area contributed by atoms with E-state index in [0.717, 1.165) is 6.26 Å². The highest BCUT2D eigenvalue weighted by Gasteiger charge is 2.09. The number of amides is 1. The fourth-order valence-electron chi connectivity index (χ4n) is 1.97. The lowest BCUT2D eigenvalue weighted by molar-refractivity contribution is -0.384. The zero-order valence-electron chi connectivity index (χ0n) is 13.2. The van der Waals surface area contributed by atoms with Crippen LogP contribution in [0.3, 0.4) is 0 Å². The number of nitrogens with zero attached hydrogens (tertiary/aromatic N) is 1. The number of anilines is 2. The van der Waals surface area contributed by atoms with Crippen molar-refractivity contribution in [2.45, 2.75) is 0 Å². The minimum Gasteiger partial charge on any atom is -0.321 e. The van der Waals surface area contributed by atoms with E-state index >= 15 is 0 Å². The van der Waals surface area contributed by atoms with Crippen molar-refractivity contribution in [1.82, 2.24) is 0 Å². The molecule has 0 radical (unpaired) electrons. The average Bonchev–Trinajstić information content (AvgIpc) is 2.54. The van der Waals surface area contributed by atoms with Crippen LogP contribution in [0.2, 0.25) is 0 Å². The summed E-state index contributed by atoms with van der Waals surface area (Å²) in [5, 5.41) is 13.3. The third kappa shape index (κ3) is 5.74. The predicted octanol–water partition coefficient (Wildman–Crippen LogP) is 2.62. The third-order valence-corrected chi connectivity index (χ3v) is 3.58. The number of carbonyl (C=O) groups excluding carboxylic acids is 1. The molecule has 0 aromatic heterocycles. The Hall–Kier alpha value is -3.20. The molecule has 2 aromatic carbocycles. The summed E-state index contributed by atoms with van der Waals surface area (Å²) >= 11 is 0. The van der Waals surface area contributed by atoms with E-state index in [2.05, 4.69) is 10.0 Å². The molecule has 0 fully saturated rings. The average molecular weight is 361 g/mol. The number of nitro groups is 1. The van der Waals surface area contributed by atoms with Crippen LogP contribution < -0.4 is 10.0 Å². The Balaban J connectivity index is 2.13. The Labute approximate surface area is 144 Å². The largest absolute Gasteiger partial charge is 0.321 e. The van der Waals surface area contributed by atoms with Crippen molar-refractivity contribution < 1.29 is 18.1 Å². The number of sulfonamides is 1. The van der Waals surface area contributed by atoms with Crippen LogP contribution in [-0.2, 0) is 14.8 Å². The van der Waals surface area contributed by atoms with Crippen LogP contribution in [-0.4, -0.2) is 25.5 Å². The molecule has 0 aliphatic rings. The number of carbonyl (C=O) groups is 1. The number of rotatable bonds is 6. The number of hydrogen-bond donors (Lipinski definition) is 2. The normalized spacial score (nSPS) is 11.2. The highest BCUT2D eigenvalue weighted by Crippen LogP contribution is 2.22. The SMILES string of the molecule is CS(=O)(=O)Nc1ccccc1NC(=O)/C=C/c1cccc([N+](=O)[O-])c1. The highest BCUT2D eigenvalue weighted by molar-refractivity contribution is 7.92. The van der Waals surface area contributed by atoms with Crippen LogP contribution in [0.15, 0.2) is 54.6 Å². The lowest BCUT2D eigenvalue weighted by Gasteiger charge is -2.10. The van der Waals surface area contributed by atoms with E-state index in [1.165, 1.54) is 36.4 Å². The fraction of sp³-hybridized carbons (Fsp3) is 0.0625. The second-order valence-corrected chi connectivity index (χ2v) is 6.84. The maximum absolute atomic E-state index is 12.0. The Morgan fingerprint density at radius 2 is 1.80 bits per heavy atom. The number of benzene rings is 2. The molecule has 0 atom stereocenters. The Morgan fingerprint density at radius 1 is 1.12 bits per heavy atom. The van der Waals surface area contributed by atoms with Gasteiger partial charge in [0.1, 0.15) is 0 Å². The van der Waals surface area contributed by atoms with Gasteiger partial charge in [-0.1, -0.05) is 24.3 Å². The molecule has 0 saturated heterocycles. The molecule has 2 N–H and O–H groups in total. The molecule has 8 nitrogen and oxygen atoms in total. The summed E-state index contributed by atoms with van der Waals surface area (Å²) in [7, 11) is -3.49. The first-order chi connectivity index (χ1) is 11.7. The smallest absolute Gasteiger partial charge is 0.270 e. The van der Waals surface area contributed by atoms with Crippen LogP contribution in [0.1, 0.15) is 5.56 Å². The molecule has 2 aromatic rings. The molecule has 0 bridgehead atoms. The van der Waals surface area contributed by atoms with Gasteiger partial charge in [0.05, 0.1) is 22.6 Å².